The van der Waals surface area contributed by atoms with Crippen LogP contribution in [0.4, 0.5) is 13.2 Å². The third-order valence-electron chi connectivity index (χ3n) is 4.21. The molecule has 0 fully saturated rings. The van der Waals surface area contributed by atoms with Gasteiger partial charge in [-0.2, -0.15) is 18.3 Å². The minimum Gasteiger partial charge on any atom is -0.495 e. The minimum absolute atomic E-state index is 0.231. The average molecular weight is 452 g/mol. The standard InChI is InChI=1S/C15H16ClN3O4.C2HF3O2/c1-23-12-6-5-9(7-10(12)16)8-18-15(22)19-11(14(20)21)3-2-4-13(19)17-18;3-2(4,5)1(6)7/h5-7,11H,2-4,8H2,1H3,(H,20,21);(H,6,7). The number of carbonyl (C=O) groups is 2. The number of halogens is 4. The van der Waals surface area contributed by atoms with Gasteiger partial charge in [-0.25, -0.2) is 19.1 Å². The van der Waals surface area contributed by atoms with Crippen molar-refractivity contribution in [2.45, 2.75) is 38.0 Å². The van der Waals surface area contributed by atoms with Crippen LogP contribution in [-0.2, 0) is 22.6 Å². The molecule has 13 heteroatoms. The zero-order valence-electron chi connectivity index (χ0n) is 15.5. The number of fused-ring (bicyclic) bond motifs is 1. The van der Waals surface area contributed by atoms with E-state index in [9.17, 15) is 27.9 Å². The Morgan fingerprint density at radius 3 is 2.47 bits per heavy atom. The fourth-order valence-electron chi connectivity index (χ4n) is 2.85. The van der Waals surface area contributed by atoms with E-state index in [2.05, 4.69) is 5.10 Å². The van der Waals surface area contributed by atoms with Crippen LogP contribution in [0, 0.1) is 0 Å². The van der Waals surface area contributed by atoms with Crippen LogP contribution in [0.3, 0.4) is 0 Å². The highest BCUT2D eigenvalue weighted by Crippen LogP contribution is 2.26. The normalized spacial score (nSPS) is 15.6. The second-order valence-electron chi connectivity index (χ2n) is 6.24. The quantitative estimate of drug-likeness (QED) is 0.731. The van der Waals surface area contributed by atoms with E-state index in [0.29, 0.717) is 35.9 Å². The van der Waals surface area contributed by atoms with E-state index in [-0.39, 0.29) is 6.54 Å². The van der Waals surface area contributed by atoms with Gasteiger partial charge in [0.25, 0.3) is 0 Å². The Bertz CT molecular complexity index is 1000. The van der Waals surface area contributed by atoms with Crippen LogP contribution in [0.15, 0.2) is 23.0 Å². The molecule has 9 nitrogen and oxygen atoms in total. The average Bonchev–Trinajstić information content (AvgIpc) is 2.97. The zero-order chi connectivity index (χ0) is 22.6. The Kier molecular flexibility index (Phi) is 7.13. The van der Waals surface area contributed by atoms with Crippen molar-refractivity contribution >= 4 is 23.5 Å². The van der Waals surface area contributed by atoms with Crippen LogP contribution >= 0.6 is 11.6 Å². The van der Waals surface area contributed by atoms with Crippen LogP contribution in [0.5, 0.6) is 5.75 Å². The summed E-state index contributed by atoms with van der Waals surface area (Å²) in [6.07, 6.45) is -3.32. The second kappa shape index (κ2) is 9.20. The highest BCUT2D eigenvalue weighted by Gasteiger charge is 2.38. The van der Waals surface area contributed by atoms with Crippen LogP contribution < -0.4 is 10.4 Å². The number of methoxy groups -OCH3 is 1. The predicted octanol–water partition coefficient (Wildman–Crippen LogP) is 2.35. The number of carboxylic acids is 2. The first-order chi connectivity index (χ1) is 14.0. The number of alkyl halides is 3. The molecule has 2 aromatic rings. The van der Waals surface area contributed by atoms with Gasteiger partial charge >= 0.3 is 23.8 Å². The van der Waals surface area contributed by atoms with Crippen molar-refractivity contribution < 1.29 is 37.7 Å². The summed E-state index contributed by atoms with van der Waals surface area (Å²) in [5.74, 6) is -2.68. The number of nitrogens with zero attached hydrogens (tertiary/aromatic N) is 3. The first kappa shape index (κ1) is 23.3. The van der Waals surface area contributed by atoms with Crippen molar-refractivity contribution in [3.05, 3.63) is 45.1 Å². The van der Waals surface area contributed by atoms with Crippen molar-refractivity contribution in [3.63, 3.8) is 0 Å². The molecule has 0 saturated carbocycles. The van der Waals surface area contributed by atoms with Gasteiger partial charge in [-0.15, -0.1) is 0 Å². The van der Waals surface area contributed by atoms with E-state index < -0.39 is 29.8 Å². The molecule has 1 aromatic carbocycles. The fraction of sp³-hybridized carbons (Fsp3) is 0.412. The Balaban J connectivity index is 0.000000396. The molecule has 0 bridgehead atoms. The van der Waals surface area contributed by atoms with E-state index >= 15 is 0 Å². The largest absolute Gasteiger partial charge is 0.495 e. The van der Waals surface area contributed by atoms with Crippen molar-refractivity contribution in [3.8, 4) is 5.75 Å². The van der Waals surface area contributed by atoms with Gasteiger partial charge in [-0.1, -0.05) is 17.7 Å². The van der Waals surface area contributed by atoms with E-state index in [1.54, 1.807) is 18.2 Å². The molecule has 1 aliphatic heterocycles. The first-order valence-electron chi connectivity index (χ1n) is 8.49. The Labute approximate surface area is 172 Å². The molecule has 30 heavy (non-hydrogen) atoms. The van der Waals surface area contributed by atoms with Gasteiger partial charge in [0.15, 0.2) is 0 Å². The van der Waals surface area contributed by atoms with Gasteiger partial charge < -0.3 is 14.9 Å². The van der Waals surface area contributed by atoms with Crippen LogP contribution in [0.25, 0.3) is 0 Å². The summed E-state index contributed by atoms with van der Waals surface area (Å²) in [6.45, 7) is 0.231. The topological polar surface area (TPSA) is 124 Å². The molecule has 2 N–H and O–H groups in total. The number of carboxylic acid groups (broad SMARTS) is 2. The molecule has 0 aliphatic carbocycles. The number of aliphatic carboxylic acids is 2. The number of rotatable bonds is 4. The molecular formula is C17H17ClF3N3O6. The van der Waals surface area contributed by atoms with Gasteiger partial charge in [0.1, 0.15) is 17.6 Å². The molecule has 1 unspecified atom stereocenters. The van der Waals surface area contributed by atoms with Gasteiger partial charge in [0, 0.05) is 6.42 Å². The van der Waals surface area contributed by atoms with Crippen LogP contribution in [-0.4, -0.2) is 49.8 Å². The number of aryl methyl sites for hydroxylation is 1. The molecule has 1 aliphatic rings. The molecule has 0 radical (unpaired) electrons. The zero-order valence-corrected chi connectivity index (χ0v) is 16.3. The van der Waals surface area contributed by atoms with Gasteiger partial charge in [-0.05, 0) is 30.5 Å². The SMILES string of the molecule is COc1ccc(Cn2nc3n(c2=O)C(C(=O)O)CCC3)cc1Cl.O=C(O)C(F)(F)F. The lowest BCUT2D eigenvalue weighted by Gasteiger charge is -2.19. The molecule has 3 rings (SSSR count). The maximum absolute atomic E-state index is 12.5. The van der Waals surface area contributed by atoms with Gasteiger partial charge in [0.2, 0.25) is 0 Å². The Morgan fingerprint density at radius 2 is 1.97 bits per heavy atom. The monoisotopic (exact) mass is 451 g/mol. The number of hydrogen-bond acceptors (Lipinski definition) is 5. The fourth-order valence-corrected chi connectivity index (χ4v) is 3.13. The third-order valence-corrected chi connectivity index (χ3v) is 4.50. The van der Waals surface area contributed by atoms with Crippen LogP contribution in [0.1, 0.15) is 30.3 Å². The van der Waals surface area contributed by atoms with Crippen molar-refractivity contribution in [1.82, 2.24) is 14.3 Å². The van der Waals surface area contributed by atoms with Gasteiger partial charge in [0.05, 0.1) is 18.7 Å². The van der Waals surface area contributed by atoms with E-state index in [1.807, 2.05) is 0 Å². The van der Waals surface area contributed by atoms with Gasteiger partial charge in [-0.3, -0.25) is 4.57 Å². The molecular weight excluding hydrogens is 435 g/mol. The smallest absolute Gasteiger partial charge is 0.490 e. The third kappa shape index (κ3) is 5.32. The molecule has 164 valence electrons. The van der Waals surface area contributed by atoms with Crippen molar-refractivity contribution in [2.24, 2.45) is 0 Å². The molecule has 0 spiro atoms. The highest BCUT2D eigenvalue weighted by atomic mass is 35.5. The maximum Gasteiger partial charge on any atom is 0.490 e. The molecule has 0 amide bonds. The van der Waals surface area contributed by atoms with Crippen molar-refractivity contribution in [1.29, 1.82) is 0 Å². The maximum atomic E-state index is 12.5. The van der Waals surface area contributed by atoms with E-state index in [4.69, 9.17) is 26.2 Å². The summed E-state index contributed by atoms with van der Waals surface area (Å²) >= 11 is 6.09. The summed E-state index contributed by atoms with van der Waals surface area (Å²) in [6, 6.07) is 4.39. The Hall–Kier alpha value is -3.02. The predicted molar refractivity (Wildman–Crippen MR) is 96.9 cm³/mol. The lowest BCUT2D eigenvalue weighted by molar-refractivity contribution is -0.192. The molecule has 1 aromatic heterocycles. The second-order valence-corrected chi connectivity index (χ2v) is 6.65. The number of aromatic nitrogens is 3. The number of benzene rings is 1. The molecule has 1 atom stereocenters. The summed E-state index contributed by atoms with van der Waals surface area (Å²) in [5.41, 5.74) is 0.388. The van der Waals surface area contributed by atoms with E-state index in [1.165, 1.54) is 16.4 Å². The number of ether oxygens (including phenoxy) is 1. The first-order valence-corrected chi connectivity index (χ1v) is 8.87. The molecule has 2 heterocycles. The highest BCUT2D eigenvalue weighted by molar-refractivity contribution is 6.32. The lowest BCUT2D eigenvalue weighted by Crippen LogP contribution is -2.34. The summed E-state index contributed by atoms with van der Waals surface area (Å²) in [7, 11) is 1.53. The Morgan fingerprint density at radius 1 is 1.33 bits per heavy atom. The summed E-state index contributed by atoms with van der Waals surface area (Å²) in [4.78, 5) is 32.7. The summed E-state index contributed by atoms with van der Waals surface area (Å²) < 4.78 is 39.4. The van der Waals surface area contributed by atoms with Crippen molar-refractivity contribution in [2.75, 3.05) is 7.11 Å². The van der Waals surface area contributed by atoms with E-state index in [0.717, 1.165) is 5.56 Å². The minimum atomic E-state index is -5.08. The van der Waals surface area contributed by atoms with Crippen LogP contribution in [0.2, 0.25) is 5.02 Å². The molecule has 0 saturated heterocycles. The number of hydrogen-bond donors (Lipinski definition) is 2. The summed E-state index contributed by atoms with van der Waals surface area (Å²) in [5, 5.41) is 21.1. The lowest BCUT2D eigenvalue weighted by atomic mass is 10.1.